The highest BCUT2D eigenvalue weighted by Gasteiger charge is 2.19. The van der Waals surface area contributed by atoms with E-state index in [0.29, 0.717) is 21.1 Å². The Morgan fingerprint density at radius 1 is 1.08 bits per heavy atom. The molecule has 0 N–H and O–H groups in total. The molecule has 0 aliphatic rings. The molecule has 3 nitrogen and oxygen atoms in total. The van der Waals surface area contributed by atoms with Gasteiger partial charge in [-0.2, -0.15) is 4.98 Å². The Morgan fingerprint density at radius 2 is 1.80 bits per heavy atom. The molecule has 0 aliphatic heterocycles. The lowest BCUT2D eigenvalue weighted by molar-refractivity contribution is 0.357. The summed E-state index contributed by atoms with van der Waals surface area (Å²) < 4.78 is 7.61. The van der Waals surface area contributed by atoms with Crippen LogP contribution in [0.1, 0.15) is 25.3 Å². The molecule has 6 heteroatoms. The number of halogens is 3. The van der Waals surface area contributed by atoms with E-state index in [9.17, 15) is 0 Å². The Hall–Kier alpha value is -1.42. The average Bonchev–Trinajstić information content (AvgIpc) is 2.94. The Bertz CT molecular complexity index is 934. The minimum Gasteiger partial charge on any atom is -0.468 e. The van der Waals surface area contributed by atoms with Gasteiger partial charge in [-0.1, -0.05) is 54.2 Å². The second-order valence-electron chi connectivity index (χ2n) is 5.98. The molecule has 25 heavy (non-hydrogen) atoms. The van der Waals surface area contributed by atoms with Crippen LogP contribution in [0.5, 0.6) is 6.01 Å². The van der Waals surface area contributed by atoms with Gasteiger partial charge in [-0.05, 0) is 37.1 Å². The number of rotatable bonds is 5. The fourth-order valence-electron chi connectivity index (χ4n) is 3.01. The quantitative estimate of drug-likeness (QED) is 0.444. The maximum atomic E-state index is 6.46. The van der Waals surface area contributed by atoms with Gasteiger partial charge in [0, 0.05) is 17.7 Å². The van der Waals surface area contributed by atoms with E-state index in [-0.39, 0.29) is 0 Å². The van der Waals surface area contributed by atoms with E-state index < -0.39 is 0 Å². The maximum Gasteiger partial charge on any atom is 0.297 e. The van der Waals surface area contributed by atoms with E-state index in [1.165, 1.54) is 0 Å². The standard InChI is InChI=1S/C19H19Cl3N2O/c1-4-5-8-24-16-7-6-11(2)17(18(16)23-19(24)25-3)12-9-14(21)15(22)10-13(12)20/h6-7,9-10H,4-5,8H2,1-3H3. The highest BCUT2D eigenvalue weighted by atomic mass is 35.5. The zero-order valence-electron chi connectivity index (χ0n) is 14.4. The summed E-state index contributed by atoms with van der Waals surface area (Å²) in [4.78, 5) is 4.72. The number of nitrogens with zero attached hydrogens (tertiary/aromatic N) is 2. The number of benzene rings is 2. The first-order chi connectivity index (χ1) is 12.0. The SMILES string of the molecule is CCCCn1c(OC)nc2c(-c3cc(Cl)c(Cl)cc3Cl)c(C)ccc21. The lowest BCUT2D eigenvalue weighted by Crippen LogP contribution is -2.01. The van der Waals surface area contributed by atoms with Gasteiger partial charge in [0.05, 0.1) is 27.7 Å². The Labute approximate surface area is 162 Å². The number of methoxy groups -OCH3 is 1. The molecule has 0 bridgehead atoms. The van der Waals surface area contributed by atoms with E-state index in [4.69, 9.17) is 44.5 Å². The summed E-state index contributed by atoms with van der Waals surface area (Å²) in [6, 6.07) is 8.22. The first kappa shape index (κ1) is 18.4. The lowest BCUT2D eigenvalue weighted by atomic mass is 9.98. The van der Waals surface area contributed by atoms with Crippen molar-refractivity contribution in [2.24, 2.45) is 0 Å². The number of fused-ring (bicyclic) bond motifs is 1. The van der Waals surface area contributed by atoms with Crippen molar-refractivity contribution in [2.45, 2.75) is 33.2 Å². The minimum atomic E-state index is 0.436. The van der Waals surface area contributed by atoms with Crippen LogP contribution in [0.15, 0.2) is 24.3 Å². The molecule has 1 heterocycles. The Balaban J connectivity index is 2.30. The summed E-state index contributed by atoms with van der Waals surface area (Å²) in [7, 11) is 1.64. The molecule has 0 saturated carbocycles. The summed E-state index contributed by atoms with van der Waals surface area (Å²) in [6.07, 6.45) is 2.15. The molecule has 0 amide bonds. The van der Waals surface area contributed by atoms with E-state index in [1.807, 2.05) is 6.92 Å². The fraction of sp³-hybridized carbons (Fsp3) is 0.316. The lowest BCUT2D eigenvalue weighted by Gasteiger charge is -2.11. The number of ether oxygens (including phenoxy) is 1. The molecule has 0 aliphatic carbocycles. The van der Waals surface area contributed by atoms with Crippen LogP contribution < -0.4 is 4.74 Å². The van der Waals surface area contributed by atoms with E-state index >= 15 is 0 Å². The molecule has 0 fully saturated rings. The molecule has 3 aromatic rings. The van der Waals surface area contributed by atoms with E-state index in [0.717, 1.165) is 47.1 Å². The summed E-state index contributed by atoms with van der Waals surface area (Å²) >= 11 is 18.8. The zero-order valence-corrected chi connectivity index (χ0v) is 16.6. The van der Waals surface area contributed by atoms with Crippen molar-refractivity contribution in [1.82, 2.24) is 9.55 Å². The maximum absolute atomic E-state index is 6.46. The van der Waals surface area contributed by atoms with Crippen molar-refractivity contribution < 1.29 is 4.74 Å². The van der Waals surface area contributed by atoms with Gasteiger partial charge >= 0.3 is 0 Å². The number of hydrogen-bond acceptors (Lipinski definition) is 2. The molecule has 1 aromatic heterocycles. The van der Waals surface area contributed by atoms with Crippen molar-refractivity contribution in [2.75, 3.05) is 7.11 Å². The van der Waals surface area contributed by atoms with Gasteiger partial charge in [-0.25, -0.2) is 0 Å². The van der Waals surface area contributed by atoms with Crippen molar-refractivity contribution in [3.63, 3.8) is 0 Å². The van der Waals surface area contributed by atoms with Crippen LogP contribution in [0.3, 0.4) is 0 Å². The monoisotopic (exact) mass is 396 g/mol. The molecular weight excluding hydrogens is 379 g/mol. The molecule has 0 saturated heterocycles. The topological polar surface area (TPSA) is 27.1 Å². The van der Waals surface area contributed by atoms with Crippen LogP contribution >= 0.6 is 34.8 Å². The van der Waals surface area contributed by atoms with Crippen molar-refractivity contribution in [1.29, 1.82) is 0 Å². The number of hydrogen-bond donors (Lipinski definition) is 0. The predicted molar refractivity (Wildman–Crippen MR) is 106 cm³/mol. The number of unbranched alkanes of at least 4 members (excludes halogenated alkanes) is 1. The number of imidazole rings is 1. The van der Waals surface area contributed by atoms with Gasteiger partial charge in [0.2, 0.25) is 0 Å². The molecule has 0 spiro atoms. The molecule has 132 valence electrons. The highest BCUT2D eigenvalue weighted by Crippen LogP contribution is 2.40. The van der Waals surface area contributed by atoms with Crippen LogP contribution in [0.4, 0.5) is 0 Å². The van der Waals surface area contributed by atoms with Crippen LogP contribution in [-0.4, -0.2) is 16.7 Å². The van der Waals surface area contributed by atoms with Gasteiger partial charge in [-0.15, -0.1) is 0 Å². The van der Waals surface area contributed by atoms with Crippen molar-refractivity contribution in [3.05, 3.63) is 44.9 Å². The van der Waals surface area contributed by atoms with Crippen LogP contribution in [0.2, 0.25) is 15.1 Å². The van der Waals surface area contributed by atoms with Gasteiger partial charge in [0.15, 0.2) is 0 Å². The third kappa shape index (κ3) is 3.33. The van der Waals surface area contributed by atoms with Crippen LogP contribution in [-0.2, 0) is 6.54 Å². The van der Waals surface area contributed by atoms with Gasteiger partial charge in [0.1, 0.15) is 5.52 Å². The molecule has 0 unspecified atom stereocenters. The Morgan fingerprint density at radius 3 is 2.48 bits per heavy atom. The highest BCUT2D eigenvalue weighted by molar-refractivity contribution is 6.44. The Kier molecular flexibility index (Phi) is 5.47. The van der Waals surface area contributed by atoms with E-state index in [1.54, 1.807) is 19.2 Å². The molecule has 3 rings (SSSR count). The molecule has 0 atom stereocenters. The zero-order chi connectivity index (χ0) is 18.1. The molecular formula is C19H19Cl3N2O. The normalized spacial score (nSPS) is 11.3. The van der Waals surface area contributed by atoms with Gasteiger partial charge < -0.3 is 4.74 Å². The summed E-state index contributed by atoms with van der Waals surface area (Å²) in [6.45, 7) is 5.05. The molecule has 2 aromatic carbocycles. The minimum absolute atomic E-state index is 0.436. The number of aryl methyl sites for hydroxylation is 2. The van der Waals surface area contributed by atoms with Gasteiger partial charge in [-0.3, -0.25) is 4.57 Å². The van der Waals surface area contributed by atoms with Crippen molar-refractivity contribution in [3.8, 4) is 17.1 Å². The first-order valence-electron chi connectivity index (χ1n) is 8.16. The van der Waals surface area contributed by atoms with Crippen LogP contribution in [0, 0.1) is 6.92 Å². The third-order valence-electron chi connectivity index (χ3n) is 4.29. The van der Waals surface area contributed by atoms with Crippen LogP contribution in [0.25, 0.3) is 22.2 Å². The predicted octanol–water partition coefficient (Wildman–Crippen LogP) is 6.78. The summed E-state index contributed by atoms with van der Waals surface area (Å²) in [5, 5.41) is 1.45. The smallest absolute Gasteiger partial charge is 0.297 e. The first-order valence-corrected chi connectivity index (χ1v) is 9.30. The largest absolute Gasteiger partial charge is 0.468 e. The third-order valence-corrected chi connectivity index (χ3v) is 5.33. The average molecular weight is 398 g/mol. The number of aromatic nitrogens is 2. The van der Waals surface area contributed by atoms with Gasteiger partial charge in [0.25, 0.3) is 6.01 Å². The summed E-state index contributed by atoms with van der Waals surface area (Å²) in [5.41, 5.74) is 4.72. The van der Waals surface area contributed by atoms with E-state index in [2.05, 4.69) is 23.6 Å². The second kappa shape index (κ2) is 7.45. The fourth-order valence-corrected chi connectivity index (χ4v) is 3.65. The second-order valence-corrected chi connectivity index (χ2v) is 7.20. The van der Waals surface area contributed by atoms with Crippen molar-refractivity contribution >= 4 is 45.8 Å². The summed E-state index contributed by atoms with van der Waals surface area (Å²) in [5.74, 6) is 0. The molecule has 0 radical (unpaired) electrons.